The van der Waals surface area contributed by atoms with Gasteiger partial charge >= 0.3 is 0 Å². The maximum Gasteiger partial charge on any atom is 0.243 e. The average molecular weight is 368 g/mol. The standard InChI is InChI=1S/C18H28N2O4S/c21-15-5-12-19-18(22)11-8-16-6-9-17(10-7-16)25(23,24)20-13-3-1-2-4-14-20/h6-7,9-10,21H,1-5,8,11-15H2,(H,19,22). The molecule has 1 aliphatic heterocycles. The highest BCUT2D eigenvalue weighted by molar-refractivity contribution is 7.89. The number of nitrogens with one attached hydrogen (secondary N) is 1. The van der Waals surface area contributed by atoms with E-state index in [1.165, 1.54) is 0 Å². The molecule has 0 aromatic heterocycles. The smallest absolute Gasteiger partial charge is 0.243 e. The summed E-state index contributed by atoms with van der Waals surface area (Å²) >= 11 is 0. The lowest BCUT2D eigenvalue weighted by Gasteiger charge is -2.20. The van der Waals surface area contributed by atoms with Gasteiger partial charge in [0.1, 0.15) is 0 Å². The number of aryl methyl sites for hydroxylation is 1. The Morgan fingerprint density at radius 3 is 2.32 bits per heavy atom. The molecule has 0 bridgehead atoms. The molecule has 2 N–H and O–H groups in total. The fourth-order valence-corrected chi connectivity index (χ4v) is 4.43. The van der Waals surface area contributed by atoms with E-state index in [2.05, 4.69) is 5.32 Å². The molecule has 1 saturated heterocycles. The molecule has 1 aromatic carbocycles. The summed E-state index contributed by atoms with van der Waals surface area (Å²) in [6.45, 7) is 1.73. The van der Waals surface area contributed by atoms with E-state index >= 15 is 0 Å². The molecule has 1 fully saturated rings. The van der Waals surface area contributed by atoms with Crippen molar-refractivity contribution in [1.82, 2.24) is 9.62 Å². The molecular weight excluding hydrogens is 340 g/mol. The highest BCUT2D eigenvalue weighted by Crippen LogP contribution is 2.21. The molecule has 0 aliphatic carbocycles. The first kappa shape index (κ1) is 19.9. The number of sulfonamides is 1. The Morgan fingerprint density at radius 1 is 1.08 bits per heavy atom. The molecule has 1 heterocycles. The van der Waals surface area contributed by atoms with Crippen LogP contribution in [0.5, 0.6) is 0 Å². The molecule has 140 valence electrons. The maximum atomic E-state index is 12.7. The normalized spacial score (nSPS) is 16.4. The Balaban J connectivity index is 1.91. The summed E-state index contributed by atoms with van der Waals surface area (Å²) in [4.78, 5) is 12.0. The zero-order valence-electron chi connectivity index (χ0n) is 14.6. The van der Waals surface area contributed by atoms with E-state index < -0.39 is 10.0 Å². The van der Waals surface area contributed by atoms with Crippen LogP contribution in [-0.4, -0.2) is 50.0 Å². The Kier molecular flexibility index (Phi) is 7.87. The van der Waals surface area contributed by atoms with Crippen LogP contribution in [0.4, 0.5) is 0 Å². The topological polar surface area (TPSA) is 86.7 Å². The first-order valence-corrected chi connectivity index (χ1v) is 10.4. The van der Waals surface area contributed by atoms with Crippen molar-refractivity contribution in [2.75, 3.05) is 26.2 Å². The lowest BCUT2D eigenvalue weighted by molar-refractivity contribution is -0.121. The number of rotatable bonds is 8. The number of carbonyl (C=O) groups excluding carboxylic acids is 1. The quantitative estimate of drug-likeness (QED) is 0.684. The van der Waals surface area contributed by atoms with Crippen LogP contribution in [0.25, 0.3) is 0 Å². The van der Waals surface area contributed by atoms with Gasteiger partial charge in [-0.05, 0) is 43.4 Å². The molecule has 0 spiro atoms. The summed E-state index contributed by atoms with van der Waals surface area (Å²) in [5.41, 5.74) is 0.937. The van der Waals surface area contributed by atoms with Crippen molar-refractivity contribution in [1.29, 1.82) is 0 Å². The van der Waals surface area contributed by atoms with Gasteiger partial charge in [-0.3, -0.25) is 4.79 Å². The van der Waals surface area contributed by atoms with Crippen molar-refractivity contribution in [3.63, 3.8) is 0 Å². The molecule has 2 rings (SSSR count). The molecule has 1 amide bonds. The second kappa shape index (κ2) is 9.89. The SMILES string of the molecule is O=C(CCc1ccc(S(=O)(=O)N2CCCCCC2)cc1)NCCCO. The highest BCUT2D eigenvalue weighted by Gasteiger charge is 2.24. The van der Waals surface area contributed by atoms with E-state index in [-0.39, 0.29) is 12.5 Å². The largest absolute Gasteiger partial charge is 0.396 e. The predicted octanol–water partition coefficient (Wildman–Crippen LogP) is 1.68. The molecule has 1 aromatic rings. The van der Waals surface area contributed by atoms with Crippen LogP contribution in [0, 0.1) is 0 Å². The number of amides is 1. The molecule has 0 unspecified atom stereocenters. The van der Waals surface area contributed by atoms with Crippen LogP contribution < -0.4 is 5.32 Å². The summed E-state index contributed by atoms with van der Waals surface area (Å²) in [5, 5.41) is 11.4. The highest BCUT2D eigenvalue weighted by atomic mass is 32.2. The minimum Gasteiger partial charge on any atom is -0.396 e. The summed E-state index contributed by atoms with van der Waals surface area (Å²) in [6.07, 6.45) is 5.48. The number of nitrogens with zero attached hydrogens (tertiary/aromatic N) is 1. The van der Waals surface area contributed by atoms with Gasteiger partial charge in [0.2, 0.25) is 15.9 Å². The van der Waals surface area contributed by atoms with Gasteiger partial charge < -0.3 is 10.4 Å². The summed E-state index contributed by atoms with van der Waals surface area (Å²) in [7, 11) is -3.42. The Bertz CT molecular complexity index is 636. The zero-order valence-corrected chi connectivity index (χ0v) is 15.4. The third kappa shape index (κ3) is 6.09. The Hall–Kier alpha value is -1.44. The van der Waals surface area contributed by atoms with Crippen molar-refractivity contribution in [2.45, 2.75) is 49.8 Å². The summed E-state index contributed by atoms with van der Waals surface area (Å²) < 4.78 is 27.0. The minimum absolute atomic E-state index is 0.0604. The minimum atomic E-state index is -3.42. The zero-order chi connectivity index (χ0) is 18.1. The van der Waals surface area contributed by atoms with Gasteiger partial charge in [0.25, 0.3) is 0 Å². The molecule has 0 saturated carbocycles. The number of benzene rings is 1. The van der Waals surface area contributed by atoms with E-state index in [0.29, 0.717) is 43.8 Å². The van der Waals surface area contributed by atoms with Crippen LogP contribution >= 0.6 is 0 Å². The first-order valence-electron chi connectivity index (χ1n) is 9.00. The number of aliphatic hydroxyl groups excluding tert-OH is 1. The van der Waals surface area contributed by atoms with Crippen LogP contribution in [0.2, 0.25) is 0 Å². The average Bonchev–Trinajstić information content (AvgIpc) is 2.90. The third-order valence-electron chi connectivity index (χ3n) is 4.42. The van der Waals surface area contributed by atoms with Crippen LogP contribution in [0.1, 0.15) is 44.1 Å². The second-order valence-corrected chi connectivity index (χ2v) is 8.33. The number of hydrogen-bond acceptors (Lipinski definition) is 4. The van der Waals surface area contributed by atoms with Crippen molar-refractivity contribution in [2.24, 2.45) is 0 Å². The maximum absolute atomic E-state index is 12.7. The number of carbonyl (C=O) groups is 1. The Labute approximate surface area is 150 Å². The Morgan fingerprint density at radius 2 is 1.72 bits per heavy atom. The molecule has 0 atom stereocenters. The fraction of sp³-hybridized carbons (Fsp3) is 0.611. The van der Waals surface area contributed by atoms with Crippen molar-refractivity contribution < 1.29 is 18.3 Å². The molecule has 1 aliphatic rings. The third-order valence-corrected chi connectivity index (χ3v) is 6.34. The van der Waals surface area contributed by atoms with Gasteiger partial charge in [0, 0.05) is 32.7 Å². The van der Waals surface area contributed by atoms with Crippen LogP contribution in [0.3, 0.4) is 0 Å². The van der Waals surface area contributed by atoms with E-state index in [4.69, 9.17) is 5.11 Å². The first-order chi connectivity index (χ1) is 12.0. The van der Waals surface area contributed by atoms with E-state index in [0.717, 1.165) is 31.2 Å². The van der Waals surface area contributed by atoms with Gasteiger partial charge in [-0.15, -0.1) is 0 Å². The monoisotopic (exact) mass is 368 g/mol. The molecular formula is C18H28N2O4S. The summed E-state index contributed by atoms with van der Waals surface area (Å²) in [6, 6.07) is 6.84. The van der Waals surface area contributed by atoms with Gasteiger partial charge in [0.05, 0.1) is 4.90 Å². The number of aliphatic hydroxyl groups is 1. The van der Waals surface area contributed by atoms with Gasteiger partial charge in [-0.2, -0.15) is 4.31 Å². The van der Waals surface area contributed by atoms with Gasteiger partial charge in [0.15, 0.2) is 0 Å². The lowest BCUT2D eigenvalue weighted by Crippen LogP contribution is -2.31. The van der Waals surface area contributed by atoms with Crippen molar-refractivity contribution >= 4 is 15.9 Å². The molecule has 6 nitrogen and oxygen atoms in total. The van der Waals surface area contributed by atoms with Crippen LogP contribution in [0.15, 0.2) is 29.2 Å². The molecule has 0 radical (unpaired) electrons. The van der Waals surface area contributed by atoms with Crippen molar-refractivity contribution in [3.8, 4) is 0 Å². The molecule has 7 heteroatoms. The summed E-state index contributed by atoms with van der Waals surface area (Å²) in [5.74, 6) is -0.0604. The van der Waals surface area contributed by atoms with Crippen LogP contribution in [-0.2, 0) is 21.2 Å². The van der Waals surface area contributed by atoms with E-state index in [1.807, 2.05) is 0 Å². The second-order valence-electron chi connectivity index (χ2n) is 6.39. The van der Waals surface area contributed by atoms with E-state index in [9.17, 15) is 13.2 Å². The predicted molar refractivity (Wildman–Crippen MR) is 96.7 cm³/mol. The lowest BCUT2D eigenvalue weighted by atomic mass is 10.1. The fourth-order valence-electron chi connectivity index (χ4n) is 2.91. The van der Waals surface area contributed by atoms with Crippen molar-refractivity contribution in [3.05, 3.63) is 29.8 Å². The van der Waals surface area contributed by atoms with E-state index in [1.54, 1.807) is 28.6 Å². The number of hydrogen-bond donors (Lipinski definition) is 2. The molecule has 25 heavy (non-hydrogen) atoms. The van der Waals surface area contributed by atoms with Gasteiger partial charge in [-0.25, -0.2) is 8.42 Å². The van der Waals surface area contributed by atoms with Gasteiger partial charge in [-0.1, -0.05) is 25.0 Å².